The third-order valence-corrected chi connectivity index (χ3v) is 4.00. The highest BCUT2D eigenvalue weighted by Gasteiger charge is 2.17. The Kier molecular flexibility index (Phi) is 4.04. The molecule has 0 amide bonds. The monoisotopic (exact) mass is 282 g/mol. The van der Waals surface area contributed by atoms with Gasteiger partial charge in [-0.05, 0) is 37.8 Å². The Balaban J connectivity index is 1.84. The second-order valence-electron chi connectivity index (χ2n) is 5.49. The summed E-state index contributed by atoms with van der Waals surface area (Å²) < 4.78 is 0. The van der Waals surface area contributed by atoms with Gasteiger partial charge in [-0.25, -0.2) is 4.98 Å². The van der Waals surface area contributed by atoms with Gasteiger partial charge in [0.05, 0.1) is 0 Å². The fraction of sp³-hybridized carbons (Fsp3) is 0.412. The van der Waals surface area contributed by atoms with Crippen LogP contribution in [0.4, 0.5) is 11.8 Å². The van der Waals surface area contributed by atoms with Crippen molar-refractivity contribution in [3.05, 3.63) is 47.2 Å². The number of rotatable bonds is 3. The van der Waals surface area contributed by atoms with Crippen molar-refractivity contribution in [2.24, 2.45) is 0 Å². The fourth-order valence-electron chi connectivity index (χ4n) is 2.88. The number of benzene rings is 1. The Bertz CT molecular complexity index is 597. The highest BCUT2D eigenvalue weighted by atomic mass is 15.2. The SMILES string of the molecule is CCNc1ncc(C)c(N2CCc3ccccc3CC2)n1. The smallest absolute Gasteiger partial charge is 0.224 e. The van der Waals surface area contributed by atoms with E-state index >= 15 is 0 Å². The molecule has 0 unspecified atom stereocenters. The van der Waals surface area contributed by atoms with Gasteiger partial charge in [-0.15, -0.1) is 0 Å². The molecule has 0 bridgehead atoms. The lowest BCUT2D eigenvalue weighted by atomic mass is 10.0. The lowest BCUT2D eigenvalue weighted by Gasteiger charge is -2.23. The van der Waals surface area contributed by atoms with E-state index in [1.165, 1.54) is 11.1 Å². The molecular formula is C17H22N4. The molecule has 1 aromatic heterocycles. The Morgan fingerprint density at radius 1 is 1.14 bits per heavy atom. The number of nitrogens with one attached hydrogen (secondary N) is 1. The highest BCUT2D eigenvalue weighted by Crippen LogP contribution is 2.22. The molecule has 0 aliphatic carbocycles. The van der Waals surface area contributed by atoms with Crippen molar-refractivity contribution in [2.75, 3.05) is 29.9 Å². The van der Waals surface area contributed by atoms with Gasteiger partial charge in [0.15, 0.2) is 0 Å². The number of aromatic nitrogens is 2. The Labute approximate surface area is 126 Å². The number of hydrogen-bond donors (Lipinski definition) is 1. The molecule has 2 heterocycles. The van der Waals surface area contributed by atoms with Crippen LogP contribution in [0.5, 0.6) is 0 Å². The minimum absolute atomic E-state index is 0.722. The minimum atomic E-state index is 0.722. The van der Waals surface area contributed by atoms with E-state index in [2.05, 4.69) is 53.3 Å². The molecule has 2 aromatic rings. The number of nitrogens with zero attached hydrogens (tertiary/aromatic N) is 3. The summed E-state index contributed by atoms with van der Waals surface area (Å²) in [6.07, 6.45) is 4.07. The molecule has 110 valence electrons. The van der Waals surface area contributed by atoms with Crippen LogP contribution in [0.25, 0.3) is 0 Å². The van der Waals surface area contributed by atoms with Crippen molar-refractivity contribution in [3.8, 4) is 0 Å². The molecule has 3 rings (SSSR count). The summed E-state index contributed by atoms with van der Waals surface area (Å²) in [5.74, 6) is 1.79. The molecule has 4 nitrogen and oxygen atoms in total. The zero-order valence-electron chi connectivity index (χ0n) is 12.8. The predicted molar refractivity (Wildman–Crippen MR) is 87.0 cm³/mol. The van der Waals surface area contributed by atoms with E-state index in [9.17, 15) is 0 Å². The average Bonchev–Trinajstić information content (AvgIpc) is 2.72. The Morgan fingerprint density at radius 2 is 1.81 bits per heavy atom. The average molecular weight is 282 g/mol. The van der Waals surface area contributed by atoms with E-state index in [-0.39, 0.29) is 0 Å². The zero-order chi connectivity index (χ0) is 14.7. The van der Waals surface area contributed by atoms with Crippen LogP contribution in [0, 0.1) is 6.92 Å². The molecule has 1 N–H and O–H groups in total. The molecule has 21 heavy (non-hydrogen) atoms. The van der Waals surface area contributed by atoms with Gasteiger partial charge in [0.1, 0.15) is 5.82 Å². The summed E-state index contributed by atoms with van der Waals surface area (Å²) in [7, 11) is 0. The van der Waals surface area contributed by atoms with E-state index in [1.54, 1.807) is 0 Å². The molecule has 0 spiro atoms. The third-order valence-electron chi connectivity index (χ3n) is 4.00. The predicted octanol–water partition coefficient (Wildman–Crippen LogP) is 2.82. The van der Waals surface area contributed by atoms with Crippen LogP contribution in [0.3, 0.4) is 0 Å². The molecule has 1 aromatic carbocycles. The standard InChI is InChI=1S/C17H22N4/c1-3-18-17-19-12-13(2)16(20-17)21-10-8-14-6-4-5-7-15(14)9-11-21/h4-7,12H,3,8-11H2,1-2H3,(H,18,19,20). The van der Waals surface area contributed by atoms with Gasteiger partial charge < -0.3 is 10.2 Å². The molecule has 0 saturated carbocycles. The minimum Gasteiger partial charge on any atom is -0.356 e. The van der Waals surface area contributed by atoms with Crippen molar-refractivity contribution in [2.45, 2.75) is 26.7 Å². The maximum Gasteiger partial charge on any atom is 0.224 e. The Morgan fingerprint density at radius 3 is 2.43 bits per heavy atom. The van der Waals surface area contributed by atoms with E-state index in [1.807, 2.05) is 6.20 Å². The lowest BCUT2D eigenvalue weighted by molar-refractivity contribution is 0.783. The normalized spacial score (nSPS) is 14.5. The van der Waals surface area contributed by atoms with Crippen molar-refractivity contribution >= 4 is 11.8 Å². The van der Waals surface area contributed by atoms with Gasteiger partial charge in [-0.1, -0.05) is 24.3 Å². The van der Waals surface area contributed by atoms with E-state index < -0.39 is 0 Å². The van der Waals surface area contributed by atoms with Gasteiger partial charge in [-0.2, -0.15) is 4.98 Å². The van der Waals surface area contributed by atoms with Crippen molar-refractivity contribution in [1.29, 1.82) is 0 Å². The van der Waals surface area contributed by atoms with Gasteiger partial charge >= 0.3 is 0 Å². The first-order chi connectivity index (χ1) is 10.3. The van der Waals surface area contributed by atoms with Crippen molar-refractivity contribution < 1.29 is 0 Å². The molecule has 0 fully saturated rings. The third kappa shape index (κ3) is 2.99. The van der Waals surface area contributed by atoms with Crippen LogP contribution < -0.4 is 10.2 Å². The molecule has 1 aliphatic heterocycles. The van der Waals surface area contributed by atoms with E-state index in [4.69, 9.17) is 4.98 Å². The summed E-state index contributed by atoms with van der Waals surface area (Å²) in [6, 6.07) is 8.76. The first-order valence-electron chi connectivity index (χ1n) is 7.67. The Hall–Kier alpha value is -2.10. The lowest BCUT2D eigenvalue weighted by Crippen LogP contribution is -2.28. The topological polar surface area (TPSA) is 41.1 Å². The van der Waals surface area contributed by atoms with Crippen LogP contribution in [0.15, 0.2) is 30.5 Å². The van der Waals surface area contributed by atoms with Crippen LogP contribution in [-0.2, 0) is 12.8 Å². The summed E-state index contributed by atoms with van der Waals surface area (Å²) in [6.45, 7) is 7.02. The largest absolute Gasteiger partial charge is 0.356 e. The van der Waals surface area contributed by atoms with Crippen molar-refractivity contribution in [1.82, 2.24) is 9.97 Å². The summed E-state index contributed by atoms with van der Waals surface area (Å²) in [5, 5.41) is 3.20. The molecular weight excluding hydrogens is 260 g/mol. The quantitative estimate of drug-likeness (QED) is 0.940. The molecule has 0 radical (unpaired) electrons. The van der Waals surface area contributed by atoms with Crippen LogP contribution in [0.1, 0.15) is 23.6 Å². The molecule has 0 saturated heterocycles. The van der Waals surface area contributed by atoms with Crippen LogP contribution >= 0.6 is 0 Å². The number of hydrogen-bond acceptors (Lipinski definition) is 4. The number of fused-ring (bicyclic) bond motifs is 1. The van der Waals surface area contributed by atoms with Gasteiger partial charge in [0.2, 0.25) is 5.95 Å². The summed E-state index contributed by atoms with van der Waals surface area (Å²) in [5.41, 5.74) is 4.08. The van der Waals surface area contributed by atoms with Crippen LogP contribution in [-0.4, -0.2) is 29.6 Å². The first-order valence-corrected chi connectivity index (χ1v) is 7.67. The fourth-order valence-corrected chi connectivity index (χ4v) is 2.88. The van der Waals surface area contributed by atoms with Gasteiger partial charge in [0, 0.05) is 31.4 Å². The number of anilines is 2. The summed E-state index contributed by atoms with van der Waals surface area (Å²) in [4.78, 5) is 11.4. The van der Waals surface area contributed by atoms with Crippen LogP contribution in [0.2, 0.25) is 0 Å². The second kappa shape index (κ2) is 6.12. The molecule has 0 atom stereocenters. The van der Waals surface area contributed by atoms with Crippen molar-refractivity contribution in [3.63, 3.8) is 0 Å². The maximum absolute atomic E-state index is 4.69. The van der Waals surface area contributed by atoms with E-state index in [0.29, 0.717) is 0 Å². The van der Waals surface area contributed by atoms with Gasteiger partial charge in [-0.3, -0.25) is 0 Å². The first kappa shape index (κ1) is 13.9. The maximum atomic E-state index is 4.69. The second-order valence-corrected chi connectivity index (χ2v) is 5.49. The summed E-state index contributed by atoms with van der Waals surface area (Å²) >= 11 is 0. The van der Waals surface area contributed by atoms with Gasteiger partial charge in [0.25, 0.3) is 0 Å². The van der Waals surface area contributed by atoms with E-state index in [0.717, 1.165) is 49.8 Å². The molecule has 4 heteroatoms. The molecule has 1 aliphatic rings. The zero-order valence-corrected chi connectivity index (χ0v) is 12.8. The highest BCUT2D eigenvalue weighted by molar-refractivity contribution is 5.50. The number of aryl methyl sites for hydroxylation is 1.